The first-order valence-electron chi connectivity index (χ1n) is 7.07. The molecule has 21 heavy (non-hydrogen) atoms. The van der Waals surface area contributed by atoms with E-state index in [4.69, 9.17) is 10.5 Å². The zero-order chi connectivity index (χ0) is 15.1. The number of benzene rings is 1. The number of aryl methyl sites for hydroxylation is 1. The largest absolute Gasteiger partial charge is 0.484 e. The van der Waals surface area contributed by atoms with Gasteiger partial charge >= 0.3 is 0 Å². The van der Waals surface area contributed by atoms with Gasteiger partial charge < -0.3 is 20.4 Å². The van der Waals surface area contributed by atoms with Crippen LogP contribution in [-0.2, 0) is 17.9 Å². The van der Waals surface area contributed by atoms with E-state index >= 15 is 0 Å². The summed E-state index contributed by atoms with van der Waals surface area (Å²) < 4.78 is 7.46. The molecule has 0 unspecified atom stereocenters. The van der Waals surface area contributed by atoms with Crippen molar-refractivity contribution in [2.75, 3.05) is 11.9 Å². The third-order valence-electron chi connectivity index (χ3n) is 3.01. The molecule has 1 aromatic heterocycles. The molecule has 1 heterocycles. The van der Waals surface area contributed by atoms with E-state index in [0.29, 0.717) is 5.75 Å². The SMILES string of the molecule is CCCn1ccc(CNc2cccc(OCC(N)=O)c2)c1. The molecule has 3 N–H and O–H groups in total. The number of nitrogens with two attached hydrogens (primary N) is 1. The van der Waals surface area contributed by atoms with Crippen molar-refractivity contribution in [3.05, 3.63) is 48.3 Å². The number of ether oxygens (including phenoxy) is 1. The topological polar surface area (TPSA) is 69.3 Å². The Morgan fingerprint density at radius 3 is 3.00 bits per heavy atom. The average molecular weight is 287 g/mol. The molecule has 0 atom stereocenters. The molecule has 0 saturated heterocycles. The summed E-state index contributed by atoms with van der Waals surface area (Å²) in [5.41, 5.74) is 7.23. The van der Waals surface area contributed by atoms with Crippen molar-refractivity contribution in [2.24, 2.45) is 5.73 Å². The molecule has 5 heteroatoms. The van der Waals surface area contributed by atoms with E-state index in [1.807, 2.05) is 18.2 Å². The Labute approximate surface area is 124 Å². The summed E-state index contributed by atoms with van der Waals surface area (Å²) in [6.07, 6.45) is 5.36. The number of carbonyl (C=O) groups excluding carboxylic acids is 1. The second-order valence-electron chi connectivity index (χ2n) is 4.89. The molecule has 0 aliphatic carbocycles. The van der Waals surface area contributed by atoms with Gasteiger partial charge in [0.2, 0.25) is 0 Å². The van der Waals surface area contributed by atoms with Crippen LogP contribution in [0.2, 0.25) is 0 Å². The summed E-state index contributed by atoms with van der Waals surface area (Å²) in [6, 6.07) is 9.59. The van der Waals surface area contributed by atoms with Gasteiger partial charge in [0, 0.05) is 37.2 Å². The predicted octanol–water partition coefficient (Wildman–Crippen LogP) is 2.37. The number of amides is 1. The first kappa shape index (κ1) is 15.0. The molecule has 0 bridgehead atoms. The van der Waals surface area contributed by atoms with Crippen LogP contribution in [0.4, 0.5) is 5.69 Å². The Bertz CT molecular complexity index is 593. The molecule has 1 aromatic carbocycles. The molecule has 0 aliphatic rings. The van der Waals surface area contributed by atoms with Crippen molar-refractivity contribution in [1.82, 2.24) is 4.57 Å². The Hall–Kier alpha value is -2.43. The maximum atomic E-state index is 10.7. The van der Waals surface area contributed by atoms with Crippen LogP contribution in [0.1, 0.15) is 18.9 Å². The van der Waals surface area contributed by atoms with Crippen molar-refractivity contribution >= 4 is 11.6 Å². The molecule has 1 amide bonds. The average Bonchev–Trinajstić information content (AvgIpc) is 2.92. The Morgan fingerprint density at radius 1 is 1.38 bits per heavy atom. The van der Waals surface area contributed by atoms with Gasteiger partial charge in [0.05, 0.1) is 0 Å². The smallest absolute Gasteiger partial charge is 0.255 e. The molecular formula is C16H21N3O2. The molecule has 5 nitrogen and oxygen atoms in total. The first-order chi connectivity index (χ1) is 10.2. The Kier molecular flexibility index (Phi) is 5.26. The van der Waals surface area contributed by atoms with Crippen LogP contribution in [0.5, 0.6) is 5.75 Å². The van der Waals surface area contributed by atoms with Crippen LogP contribution < -0.4 is 15.8 Å². The predicted molar refractivity (Wildman–Crippen MR) is 83.2 cm³/mol. The van der Waals surface area contributed by atoms with Crippen molar-refractivity contribution in [3.63, 3.8) is 0 Å². The highest BCUT2D eigenvalue weighted by molar-refractivity contribution is 5.75. The van der Waals surface area contributed by atoms with Gasteiger partial charge in [-0.05, 0) is 30.2 Å². The highest BCUT2D eigenvalue weighted by Gasteiger charge is 2.01. The van der Waals surface area contributed by atoms with Crippen molar-refractivity contribution < 1.29 is 9.53 Å². The number of carbonyl (C=O) groups is 1. The van der Waals surface area contributed by atoms with Gasteiger partial charge in [-0.2, -0.15) is 0 Å². The number of nitrogens with one attached hydrogen (secondary N) is 1. The summed E-state index contributed by atoms with van der Waals surface area (Å²) in [6.45, 7) is 3.84. The summed E-state index contributed by atoms with van der Waals surface area (Å²) >= 11 is 0. The summed E-state index contributed by atoms with van der Waals surface area (Å²) in [5, 5.41) is 3.33. The van der Waals surface area contributed by atoms with Crippen LogP contribution in [0.3, 0.4) is 0 Å². The molecule has 2 rings (SSSR count). The van der Waals surface area contributed by atoms with Crippen molar-refractivity contribution in [1.29, 1.82) is 0 Å². The highest BCUT2D eigenvalue weighted by atomic mass is 16.5. The summed E-state index contributed by atoms with van der Waals surface area (Å²) in [4.78, 5) is 10.7. The lowest BCUT2D eigenvalue weighted by molar-refractivity contribution is -0.119. The minimum absolute atomic E-state index is 0.108. The van der Waals surface area contributed by atoms with Crippen LogP contribution >= 0.6 is 0 Å². The molecular weight excluding hydrogens is 266 g/mol. The molecule has 0 saturated carbocycles. The molecule has 2 aromatic rings. The van der Waals surface area contributed by atoms with Gasteiger partial charge in [0.1, 0.15) is 5.75 Å². The molecule has 112 valence electrons. The van der Waals surface area contributed by atoms with Crippen LogP contribution in [-0.4, -0.2) is 17.1 Å². The standard InChI is InChI=1S/C16H21N3O2/c1-2-7-19-8-6-13(11-19)10-18-14-4-3-5-15(9-14)21-12-16(17)20/h3-6,8-9,11,18H,2,7,10,12H2,1H3,(H2,17,20). The number of anilines is 1. The van der Waals surface area contributed by atoms with Crippen LogP contribution in [0.15, 0.2) is 42.7 Å². The van der Waals surface area contributed by atoms with Gasteiger partial charge in [-0.15, -0.1) is 0 Å². The lowest BCUT2D eigenvalue weighted by Crippen LogP contribution is -2.20. The lowest BCUT2D eigenvalue weighted by atomic mass is 10.2. The van der Waals surface area contributed by atoms with Crippen LogP contribution in [0.25, 0.3) is 0 Å². The third kappa shape index (κ3) is 4.87. The summed E-state index contributed by atoms with van der Waals surface area (Å²) in [5.74, 6) is 0.146. The van der Waals surface area contributed by atoms with E-state index in [-0.39, 0.29) is 6.61 Å². The number of nitrogens with zero attached hydrogens (tertiary/aromatic N) is 1. The molecule has 0 radical (unpaired) electrons. The fourth-order valence-electron chi connectivity index (χ4n) is 2.05. The zero-order valence-corrected chi connectivity index (χ0v) is 12.2. The monoisotopic (exact) mass is 287 g/mol. The quantitative estimate of drug-likeness (QED) is 0.783. The van der Waals surface area contributed by atoms with Crippen molar-refractivity contribution in [2.45, 2.75) is 26.4 Å². The maximum Gasteiger partial charge on any atom is 0.255 e. The Morgan fingerprint density at radius 2 is 2.24 bits per heavy atom. The zero-order valence-electron chi connectivity index (χ0n) is 12.2. The van der Waals surface area contributed by atoms with Gasteiger partial charge in [-0.1, -0.05) is 13.0 Å². The number of hydrogen-bond donors (Lipinski definition) is 2. The highest BCUT2D eigenvalue weighted by Crippen LogP contribution is 2.18. The Balaban J connectivity index is 1.89. The van der Waals surface area contributed by atoms with Crippen LogP contribution in [0, 0.1) is 0 Å². The minimum Gasteiger partial charge on any atom is -0.484 e. The second-order valence-corrected chi connectivity index (χ2v) is 4.89. The molecule has 0 spiro atoms. The van der Waals surface area contributed by atoms with Gasteiger partial charge in [-0.3, -0.25) is 4.79 Å². The first-order valence-corrected chi connectivity index (χ1v) is 7.07. The van der Waals surface area contributed by atoms with E-state index in [2.05, 4.69) is 35.3 Å². The lowest BCUT2D eigenvalue weighted by Gasteiger charge is -2.08. The van der Waals surface area contributed by atoms with Crippen molar-refractivity contribution in [3.8, 4) is 5.75 Å². The number of hydrogen-bond acceptors (Lipinski definition) is 3. The maximum absolute atomic E-state index is 10.7. The van der Waals surface area contributed by atoms with Gasteiger partial charge in [0.15, 0.2) is 6.61 Å². The van der Waals surface area contributed by atoms with E-state index in [1.54, 1.807) is 6.07 Å². The van der Waals surface area contributed by atoms with Gasteiger partial charge in [0.25, 0.3) is 5.91 Å². The minimum atomic E-state index is -0.481. The number of rotatable bonds is 8. The van der Waals surface area contributed by atoms with E-state index in [0.717, 1.165) is 25.2 Å². The third-order valence-corrected chi connectivity index (χ3v) is 3.01. The molecule has 0 fully saturated rings. The number of primary amides is 1. The van der Waals surface area contributed by atoms with Gasteiger partial charge in [-0.25, -0.2) is 0 Å². The van der Waals surface area contributed by atoms with E-state index < -0.39 is 5.91 Å². The molecule has 0 aliphatic heterocycles. The van der Waals surface area contributed by atoms with E-state index in [1.165, 1.54) is 5.56 Å². The normalized spacial score (nSPS) is 10.3. The summed E-state index contributed by atoms with van der Waals surface area (Å²) in [7, 11) is 0. The number of aromatic nitrogens is 1. The van der Waals surface area contributed by atoms with E-state index in [9.17, 15) is 4.79 Å². The fourth-order valence-corrected chi connectivity index (χ4v) is 2.05. The second kappa shape index (κ2) is 7.38. The fraction of sp³-hybridized carbons (Fsp3) is 0.312.